The summed E-state index contributed by atoms with van der Waals surface area (Å²) in [5.41, 5.74) is -0.543. The second kappa shape index (κ2) is 9.63. The molecule has 7 nitrogen and oxygen atoms in total. The minimum absolute atomic E-state index is 0.0283. The van der Waals surface area contributed by atoms with E-state index in [2.05, 4.69) is 24.5 Å². The molecule has 144 valence electrons. The molecule has 0 aliphatic carbocycles. The van der Waals surface area contributed by atoms with E-state index in [0.29, 0.717) is 31.8 Å². The number of amides is 3. The van der Waals surface area contributed by atoms with Gasteiger partial charge in [-0.05, 0) is 44.9 Å². The maximum Gasteiger partial charge on any atom is 0.317 e. The molecule has 1 atom stereocenters. The second-order valence-corrected chi connectivity index (χ2v) is 8.06. The lowest BCUT2D eigenvalue weighted by Crippen LogP contribution is -2.48. The van der Waals surface area contributed by atoms with E-state index in [1.54, 1.807) is 4.90 Å². The smallest absolute Gasteiger partial charge is 0.317 e. The summed E-state index contributed by atoms with van der Waals surface area (Å²) < 4.78 is 0. The summed E-state index contributed by atoms with van der Waals surface area (Å²) in [5.74, 6) is -0.389. The van der Waals surface area contributed by atoms with Crippen molar-refractivity contribution >= 4 is 17.9 Å². The molecule has 0 aromatic rings. The van der Waals surface area contributed by atoms with Gasteiger partial charge in [-0.3, -0.25) is 9.59 Å². The van der Waals surface area contributed by atoms with Gasteiger partial charge in [0.2, 0.25) is 5.91 Å². The molecule has 3 amide bonds. The number of aliphatic carboxylic acids is 1. The second-order valence-electron chi connectivity index (χ2n) is 8.06. The zero-order chi connectivity index (χ0) is 19.0. The number of carbonyl (C=O) groups excluding carboxylic acids is 2. The van der Waals surface area contributed by atoms with Crippen LogP contribution < -0.4 is 10.6 Å². The molecule has 0 radical (unpaired) electrons. The highest BCUT2D eigenvalue weighted by atomic mass is 16.4. The Labute approximate surface area is 150 Å². The van der Waals surface area contributed by atoms with Crippen molar-refractivity contribution in [2.75, 3.05) is 19.6 Å². The van der Waals surface area contributed by atoms with Gasteiger partial charge in [-0.2, -0.15) is 0 Å². The highest BCUT2D eigenvalue weighted by Gasteiger charge is 2.27. The summed E-state index contributed by atoms with van der Waals surface area (Å²) in [6, 6.07) is -0.0550. The van der Waals surface area contributed by atoms with E-state index in [0.717, 1.165) is 19.4 Å². The van der Waals surface area contributed by atoms with Crippen molar-refractivity contribution in [3.63, 3.8) is 0 Å². The van der Waals surface area contributed by atoms with Crippen LogP contribution in [-0.4, -0.2) is 53.1 Å². The minimum Gasteiger partial charge on any atom is -0.481 e. The fraction of sp³-hybridized carbons (Fsp3) is 0.833. The highest BCUT2D eigenvalue weighted by Crippen LogP contribution is 2.21. The van der Waals surface area contributed by atoms with E-state index in [1.165, 1.54) is 0 Å². The molecule has 0 spiro atoms. The van der Waals surface area contributed by atoms with Crippen molar-refractivity contribution in [3.8, 4) is 0 Å². The lowest BCUT2D eigenvalue weighted by molar-refractivity contribution is -0.138. The molecule has 0 aromatic carbocycles. The minimum atomic E-state index is -0.863. The van der Waals surface area contributed by atoms with Gasteiger partial charge in [0.05, 0.1) is 0 Å². The third-order valence-corrected chi connectivity index (χ3v) is 4.38. The number of hydrogen-bond acceptors (Lipinski definition) is 3. The largest absolute Gasteiger partial charge is 0.481 e. The standard InChI is InChI=1S/C18H33N3O4/c1-13(2)11-19-17(25)21-9-5-6-14(12-21)10-15(22)20-18(3,4)8-7-16(23)24/h13-14H,5-12H2,1-4H3,(H,19,25)(H,20,22)(H,23,24). The maximum absolute atomic E-state index is 12.3. The molecular formula is C18H33N3O4. The van der Waals surface area contributed by atoms with Gasteiger partial charge in [0.1, 0.15) is 0 Å². The van der Waals surface area contributed by atoms with Gasteiger partial charge in [-0.1, -0.05) is 13.8 Å². The number of urea groups is 1. The van der Waals surface area contributed by atoms with Crippen LogP contribution in [0.15, 0.2) is 0 Å². The Kier molecular flexibility index (Phi) is 8.19. The van der Waals surface area contributed by atoms with E-state index < -0.39 is 11.5 Å². The van der Waals surface area contributed by atoms with Crippen molar-refractivity contribution < 1.29 is 19.5 Å². The number of nitrogens with one attached hydrogen (secondary N) is 2. The fourth-order valence-corrected chi connectivity index (χ4v) is 2.99. The number of carboxylic acids is 1. The number of carboxylic acid groups (broad SMARTS) is 1. The van der Waals surface area contributed by atoms with Gasteiger partial charge in [-0.15, -0.1) is 0 Å². The third kappa shape index (κ3) is 8.74. The molecule has 1 aliphatic rings. The molecule has 1 heterocycles. The molecule has 25 heavy (non-hydrogen) atoms. The van der Waals surface area contributed by atoms with Gasteiger partial charge in [0.15, 0.2) is 0 Å². The van der Waals surface area contributed by atoms with E-state index in [-0.39, 0.29) is 24.3 Å². The van der Waals surface area contributed by atoms with Crippen LogP contribution in [0.1, 0.15) is 59.8 Å². The lowest BCUT2D eigenvalue weighted by atomic mass is 9.93. The average molecular weight is 355 g/mol. The number of nitrogens with zero attached hydrogens (tertiary/aromatic N) is 1. The first-order valence-corrected chi connectivity index (χ1v) is 9.14. The van der Waals surface area contributed by atoms with E-state index in [4.69, 9.17) is 5.11 Å². The van der Waals surface area contributed by atoms with Gasteiger partial charge < -0.3 is 20.6 Å². The summed E-state index contributed by atoms with van der Waals surface area (Å²) in [5, 5.41) is 14.6. The quantitative estimate of drug-likeness (QED) is 0.622. The summed E-state index contributed by atoms with van der Waals surface area (Å²) in [6.45, 7) is 9.74. The summed E-state index contributed by atoms with van der Waals surface area (Å²) in [7, 11) is 0. The molecule has 1 rings (SSSR count). The van der Waals surface area contributed by atoms with Crippen LogP contribution in [0.5, 0.6) is 0 Å². The van der Waals surface area contributed by atoms with E-state index in [9.17, 15) is 14.4 Å². The zero-order valence-electron chi connectivity index (χ0n) is 15.9. The molecule has 1 unspecified atom stereocenters. The Hall–Kier alpha value is -1.79. The van der Waals surface area contributed by atoms with Gasteiger partial charge in [0, 0.05) is 38.0 Å². The Morgan fingerprint density at radius 2 is 1.96 bits per heavy atom. The monoisotopic (exact) mass is 355 g/mol. The molecule has 0 saturated carbocycles. The van der Waals surface area contributed by atoms with Crippen molar-refractivity contribution in [2.24, 2.45) is 11.8 Å². The molecule has 7 heteroatoms. The number of piperidine rings is 1. The van der Waals surface area contributed by atoms with E-state index in [1.807, 2.05) is 13.8 Å². The fourth-order valence-electron chi connectivity index (χ4n) is 2.99. The van der Waals surface area contributed by atoms with Crippen molar-refractivity contribution in [3.05, 3.63) is 0 Å². The Bertz CT molecular complexity index is 477. The lowest BCUT2D eigenvalue weighted by Gasteiger charge is -2.33. The van der Waals surface area contributed by atoms with Crippen molar-refractivity contribution in [2.45, 2.75) is 65.3 Å². The number of carbonyl (C=O) groups is 3. The van der Waals surface area contributed by atoms with Crippen LogP contribution in [0, 0.1) is 11.8 Å². The SMILES string of the molecule is CC(C)CNC(=O)N1CCCC(CC(=O)NC(C)(C)CCC(=O)O)C1. The topological polar surface area (TPSA) is 98.7 Å². The summed E-state index contributed by atoms with van der Waals surface area (Å²) in [4.78, 5) is 36.9. The van der Waals surface area contributed by atoms with Crippen molar-refractivity contribution in [1.29, 1.82) is 0 Å². The van der Waals surface area contributed by atoms with Crippen LogP contribution in [-0.2, 0) is 9.59 Å². The number of likely N-dealkylation sites (tertiary alicyclic amines) is 1. The Balaban J connectivity index is 2.43. The number of hydrogen-bond donors (Lipinski definition) is 3. The highest BCUT2D eigenvalue weighted by molar-refractivity contribution is 5.77. The Morgan fingerprint density at radius 3 is 2.56 bits per heavy atom. The molecule has 3 N–H and O–H groups in total. The molecule has 1 aliphatic heterocycles. The maximum atomic E-state index is 12.3. The first kappa shape index (κ1) is 21.3. The van der Waals surface area contributed by atoms with Crippen molar-refractivity contribution in [1.82, 2.24) is 15.5 Å². The van der Waals surface area contributed by atoms with Gasteiger partial charge in [0.25, 0.3) is 0 Å². The first-order valence-electron chi connectivity index (χ1n) is 9.14. The Morgan fingerprint density at radius 1 is 1.28 bits per heavy atom. The van der Waals surface area contributed by atoms with Crippen LogP contribution in [0.3, 0.4) is 0 Å². The molecule has 1 saturated heterocycles. The predicted octanol–water partition coefficient (Wildman–Crippen LogP) is 2.21. The summed E-state index contributed by atoms with van der Waals surface area (Å²) in [6.07, 6.45) is 2.61. The third-order valence-electron chi connectivity index (χ3n) is 4.38. The zero-order valence-corrected chi connectivity index (χ0v) is 15.9. The molecule has 0 bridgehead atoms. The molecular weight excluding hydrogens is 322 g/mol. The molecule has 0 aromatic heterocycles. The first-order chi connectivity index (χ1) is 11.6. The van der Waals surface area contributed by atoms with Crippen LogP contribution in [0.2, 0.25) is 0 Å². The normalized spacial score (nSPS) is 18.1. The number of rotatable bonds is 8. The van der Waals surface area contributed by atoms with Gasteiger partial charge in [-0.25, -0.2) is 4.79 Å². The predicted molar refractivity (Wildman–Crippen MR) is 96.2 cm³/mol. The van der Waals surface area contributed by atoms with Crippen LogP contribution >= 0.6 is 0 Å². The average Bonchev–Trinajstić information content (AvgIpc) is 2.50. The van der Waals surface area contributed by atoms with Crippen LogP contribution in [0.25, 0.3) is 0 Å². The van der Waals surface area contributed by atoms with Crippen LogP contribution in [0.4, 0.5) is 4.79 Å². The van der Waals surface area contributed by atoms with Gasteiger partial charge >= 0.3 is 12.0 Å². The summed E-state index contributed by atoms with van der Waals surface area (Å²) >= 11 is 0. The molecule has 1 fully saturated rings. The van der Waals surface area contributed by atoms with E-state index >= 15 is 0 Å².